The molecule has 1 amide bonds. The summed E-state index contributed by atoms with van der Waals surface area (Å²) in [5.74, 6) is -0.372. The number of halogens is 2. The second-order valence-electron chi connectivity index (χ2n) is 6.58. The van der Waals surface area contributed by atoms with Crippen LogP contribution in [0.1, 0.15) is 18.4 Å². The number of thiophene rings is 1. The minimum Gasteiger partial charge on any atom is -0.341 e. The van der Waals surface area contributed by atoms with Gasteiger partial charge in [0.05, 0.1) is 9.70 Å². The molecule has 1 aliphatic rings. The molecule has 2 aromatic rings. The van der Waals surface area contributed by atoms with Crippen molar-refractivity contribution >= 4 is 54.8 Å². The zero-order chi connectivity index (χ0) is 19.6. The van der Waals surface area contributed by atoms with Crippen molar-refractivity contribution in [3.05, 3.63) is 50.8 Å². The fourth-order valence-corrected chi connectivity index (χ4v) is 7.13. The summed E-state index contributed by atoms with van der Waals surface area (Å²) < 4.78 is 28.2. The summed E-state index contributed by atoms with van der Waals surface area (Å²) in [7, 11) is -1.82. The first kappa shape index (κ1) is 20.8. The molecule has 1 atom stereocenters. The molecule has 0 N–H and O–H groups in total. The predicted molar refractivity (Wildman–Crippen MR) is 111 cm³/mol. The van der Waals surface area contributed by atoms with E-state index in [1.54, 1.807) is 30.1 Å². The molecule has 3 rings (SSSR count). The number of hydrogen-bond acceptors (Lipinski definition) is 4. The monoisotopic (exact) mass is 490 g/mol. The summed E-state index contributed by atoms with van der Waals surface area (Å²) in [5, 5.41) is 0.630. The lowest BCUT2D eigenvalue weighted by Crippen LogP contribution is -2.45. The Kier molecular flexibility index (Phi) is 6.63. The summed E-state index contributed by atoms with van der Waals surface area (Å²) in [6, 6.07) is 10.7. The maximum absolute atomic E-state index is 12.9. The fraction of sp³-hybridized carbons (Fsp3) is 0.389. The maximum Gasteiger partial charge on any atom is 0.252 e. The number of carbonyl (C=O) groups excluding carboxylic acids is 1. The molecule has 1 aliphatic heterocycles. The summed E-state index contributed by atoms with van der Waals surface area (Å²) in [6.45, 7) is 1.11. The van der Waals surface area contributed by atoms with Gasteiger partial charge in [0, 0.05) is 31.7 Å². The number of sulfonamides is 1. The average molecular weight is 492 g/mol. The second kappa shape index (κ2) is 8.61. The minimum atomic E-state index is -3.56. The Balaban J connectivity index is 1.69. The van der Waals surface area contributed by atoms with Gasteiger partial charge in [0.25, 0.3) is 10.0 Å². The van der Waals surface area contributed by atoms with Crippen molar-refractivity contribution < 1.29 is 13.2 Å². The summed E-state index contributed by atoms with van der Waals surface area (Å²) >= 11 is 10.5. The van der Waals surface area contributed by atoms with Crippen LogP contribution < -0.4 is 0 Å². The molecular weight excluding hydrogens is 472 g/mol. The standard InChI is InChI=1S/C18H20BrClN2O3S2/c1-21(11-13-4-2-6-15(20)10-13)18(23)14-5-3-9-22(12-14)27(24,25)17-8-7-16(19)26-17/h2,4,6-8,10,14H,3,5,9,11-12H2,1H3. The topological polar surface area (TPSA) is 57.7 Å². The van der Waals surface area contributed by atoms with E-state index >= 15 is 0 Å². The molecule has 0 bridgehead atoms. The van der Waals surface area contributed by atoms with Crippen LogP contribution in [-0.4, -0.2) is 43.7 Å². The lowest BCUT2D eigenvalue weighted by Gasteiger charge is -2.33. The summed E-state index contributed by atoms with van der Waals surface area (Å²) in [5.41, 5.74) is 0.946. The molecule has 27 heavy (non-hydrogen) atoms. The first-order valence-electron chi connectivity index (χ1n) is 8.52. The van der Waals surface area contributed by atoms with E-state index in [1.165, 1.54) is 15.6 Å². The predicted octanol–water partition coefficient (Wildman–Crippen LogP) is 4.22. The van der Waals surface area contributed by atoms with Gasteiger partial charge in [0.15, 0.2) is 0 Å². The van der Waals surface area contributed by atoms with Crippen LogP contribution in [0.15, 0.2) is 44.4 Å². The van der Waals surface area contributed by atoms with Gasteiger partial charge < -0.3 is 4.90 Å². The molecule has 0 saturated carbocycles. The van der Waals surface area contributed by atoms with Crippen LogP contribution in [0.4, 0.5) is 0 Å². The van der Waals surface area contributed by atoms with E-state index in [-0.39, 0.29) is 18.4 Å². The zero-order valence-corrected chi connectivity index (χ0v) is 18.7. The average Bonchev–Trinajstić information content (AvgIpc) is 3.08. The Morgan fingerprint density at radius 1 is 1.37 bits per heavy atom. The lowest BCUT2D eigenvalue weighted by molar-refractivity contribution is -0.135. The summed E-state index contributed by atoms with van der Waals surface area (Å²) in [6.07, 6.45) is 1.37. The van der Waals surface area contributed by atoms with Gasteiger partial charge in [-0.05, 0) is 58.6 Å². The van der Waals surface area contributed by atoms with E-state index in [0.29, 0.717) is 35.2 Å². The molecule has 146 valence electrons. The molecule has 1 saturated heterocycles. The third-order valence-corrected chi connectivity index (χ3v) is 8.75. The minimum absolute atomic E-state index is 0.0396. The fourth-order valence-electron chi connectivity index (χ4n) is 3.22. The molecule has 1 unspecified atom stereocenters. The van der Waals surface area contributed by atoms with Crippen LogP contribution in [0.2, 0.25) is 5.02 Å². The van der Waals surface area contributed by atoms with Crippen molar-refractivity contribution in [2.24, 2.45) is 5.92 Å². The molecule has 9 heteroatoms. The van der Waals surface area contributed by atoms with Gasteiger partial charge in [0.2, 0.25) is 5.91 Å². The van der Waals surface area contributed by atoms with Gasteiger partial charge in [0.1, 0.15) is 4.21 Å². The first-order chi connectivity index (χ1) is 12.8. The third kappa shape index (κ3) is 4.92. The molecule has 1 fully saturated rings. The van der Waals surface area contributed by atoms with Crippen molar-refractivity contribution in [2.75, 3.05) is 20.1 Å². The number of nitrogens with zero attached hydrogens (tertiary/aromatic N) is 2. The molecular formula is C18H20BrClN2O3S2. The lowest BCUT2D eigenvalue weighted by atomic mass is 9.98. The van der Waals surface area contributed by atoms with E-state index in [1.807, 2.05) is 18.2 Å². The van der Waals surface area contributed by atoms with Crippen molar-refractivity contribution in [1.29, 1.82) is 0 Å². The maximum atomic E-state index is 12.9. The van der Waals surface area contributed by atoms with Crippen LogP contribution in [0.5, 0.6) is 0 Å². The Hall–Kier alpha value is -0.930. The molecule has 0 spiro atoms. The number of piperidine rings is 1. The smallest absolute Gasteiger partial charge is 0.252 e. The van der Waals surface area contributed by atoms with E-state index in [4.69, 9.17) is 11.6 Å². The van der Waals surface area contributed by atoms with Gasteiger partial charge in [-0.25, -0.2) is 8.42 Å². The summed E-state index contributed by atoms with van der Waals surface area (Å²) in [4.78, 5) is 14.5. The van der Waals surface area contributed by atoms with Crippen LogP contribution in [0.3, 0.4) is 0 Å². The number of carbonyl (C=O) groups is 1. The van der Waals surface area contributed by atoms with E-state index in [0.717, 1.165) is 9.35 Å². The van der Waals surface area contributed by atoms with Crippen molar-refractivity contribution in [2.45, 2.75) is 23.6 Å². The third-order valence-electron chi connectivity index (χ3n) is 4.56. The first-order valence-corrected chi connectivity index (χ1v) is 11.9. The highest BCUT2D eigenvalue weighted by atomic mass is 79.9. The van der Waals surface area contributed by atoms with Gasteiger partial charge in [-0.15, -0.1) is 11.3 Å². The quantitative estimate of drug-likeness (QED) is 0.629. The molecule has 1 aromatic heterocycles. The molecule has 5 nitrogen and oxygen atoms in total. The number of benzene rings is 1. The van der Waals surface area contributed by atoms with E-state index in [2.05, 4.69) is 15.9 Å². The Bertz CT molecular complexity index is 932. The van der Waals surface area contributed by atoms with Crippen molar-refractivity contribution in [3.63, 3.8) is 0 Å². The highest BCUT2D eigenvalue weighted by Crippen LogP contribution is 2.31. The van der Waals surface area contributed by atoms with Crippen molar-refractivity contribution in [3.8, 4) is 0 Å². The number of hydrogen-bond donors (Lipinski definition) is 0. The number of amides is 1. The van der Waals surface area contributed by atoms with Gasteiger partial charge in [-0.2, -0.15) is 4.31 Å². The van der Waals surface area contributed by atoms with Crippen LogP contribution in [0, 0.1) is 5.92 Å². The van der Waals surface area contributed by atoms with Gasteiger partial charge in [-0.1, -0.05) is 23.7 Å². The molecule has 1 aromatic carbocycles. The van der Waals surface area contributed by atoms with E-state index in [9.17, 15) is 13.2 Å². The van der Waals surface area contributed by atoms with Gasteiger partial charge in [-0.3, -0.25) is 4.79 Å². The normalized spacial score (nSPS) is 18.4. The van der Waals surface area contributed by atoms with Crippen LogP contribution in [-0.2, 0) is 21.4 Å². The van der Waals surface area contributed by atoms with Crippen LogP contribution in [0.25, 0.3) is 0 Å². The Morgan fingerprint density at radius 3 is 2.81 bits per heavy atom. The Morgan fingerprint density at radius 2 is 2.15 bits per heavy atom. The molecule has 0 radical (unpaired) electrons. The SMILES string of the molecule is CN(Cc1cccc(Cl)c1)C(=O)C1CCCN(S(=O)(=O)c2ccc(Br)s2)C1. The van der Waals surface area contributed by atoms with Crippen molar-refractivity contribution in [1.82, 2.24) is 9.21 Å². The largest absolute Gasteiger partial charge is 0.341 e. The Labute approximate surface area is 177 Å². The molecule has 2 heterocycles. The van der Waals surface area contributed by atoms with Gasteiger partial charge >= 0.3 is 0 Å². The molecule has 0 aliphatic carbocycles. The van der Waals surface area contributed by atoms with Crippen LogP contribution >= 0.6 is 38.9 Å². The highest BCUT2D eigenvalue weighted by molar-refractivity contribution is 9.11. The number of rotatable bonds is 5. The van der Waals surface area contributed by atoms with E-state index < -0.39 is 10.0 Å². The second-order valence-corrected chi connectivity index (χ2v) is 11.6. The highest BCUT2D eigenvalue weighted by Gasteiger charge is 2.35. The zero-order valence-electron chi connectivity index (χ0n) is 14.8.